The van der Waals surface area contributed by atoms with Gasteiger partial charge in [-0.2, -0.15) is 0 Å². The van der Waals surface area contributed by atoms with Crippen molar-refractivity contribution in [3.05, 3.63) is 0 Å². The molecule has 88 valence electrons. The zero-order valence-corrected chi connectivity index (χ0v) is 9.61. The normalized spacial score (nSPS) is 23.7. The Hall–Kier alpha value is -0.770. The minimum atomic E-state index is -0.305. The number of nitrogens with zero attached hydrogens (tertiary/aromatic N) is 1. The van der Waals surface area contributed by atoms with Crippen LogP contribution in [0.25, 0.3) is 0 Å². The third-order valence-corrected chi connectivity index (χ3v) is 3.05. The number of hydrogen-bond donors (Lipinski definition) is 1. The van der Waals surface area contributed by atoms with Gasteiger partial charge in [0.25, 0.3) is 0 Å². The monoisotopic (exact) mass is 215 g/mol. The number of carbonyl (C=O) groups excluding carboxylic acids is 1. The molecule has 0 saturated carbocycles. The quantitative estimate of drug-likeness (QED) is 0.780. The molecule has 0 bridgehead atoms. The van der Waals surface area contributed by atoms with Crippen molar-refractivity contribution < 1.29 is 14.6 Å². The number of carbonyl (C=O) groups is 1. The van der Waals surface area contributed by atoms with Gasteiger partial charge in [-0.3, -0.25) is 0 Å². The van der Waals surface area contributed by atoms with Gasteiger partial charge in [-0.25, -0.2) is 4.79 Å². The summed E-state index contributed by atoms with van der Waals surface area (Å²) in [6.07, 6.45) is 3.99. The van der Waals surface area contributed by atoms with Gasteiger partial charge in [0.2, 0.25) is 0 Å². The lowest BCUT2D eigenvalue weighted by atomic mass is 9.96. The number of aliphatic hydroxyl groups is 1. The van der Waals surface area contributed by atoms with E-state index in [-0.39, 0.29) is 18.2 Å². The van der Waals surface area contributed by atoms with Crippen LogP contribution in [0.4, 0.5) is 4.79 Å². The summed E-state index contributed by atoms with van der Waals surface area (Å²) >= 11 is 0. The Morgan fingerprint density at radius 1 is 1.60 bits per heavy atom. The molecule has 1 rings (SSSR count). The molecular weight excluding hydrogens is 194 g/mol. The second kappa shape index (κ2) is 5.95. The molecule has 0 radical (unpaired) electrons. The average Bonchev–Trinajstić information content (AvgIpc) is 2.28. The van der Waals surface area contributed by atoms with Gasteiger partial charge >= 0.3 is 6.09 Å². The van der Waals surface area contributed by atoms with E-state index in [1.807, 2.05) is 6.92 Å². The van der Waals surface area contributed by atoms with Crippen molar-refractivity contribution in [1.82, 2.24) is 4.90 Å². The summed E-state index contributed by atoms with van der Waals surface area (Å²) < 4.78 is 4.74. The van der Waals surface area contributed by atoms with Crippen LogP contribution in [0.3, 0.4) is 0 Å². The summed E-state index contributed by atoms with van der Waals surface area (Å²) in [6, 6.07) is 0.154. The smallest absolute Gasteiger partial charge is 0.409 e. The number of rotatable bonds is 3. The van der Waals surface area contributed by atoms with Gasteiger partial charge < -0.3 is 14.7 Å². The number of piperidine rings is 1. The molecule has 4 heteroatoms. The fourth-order valence-electron chi connectivity index (χ4n) is 2.08. The molecule has 15 heavy (non-hydrogen) atoms. The van der Waals surface area contributed by atoms with Crippen LogP contribution in [0.1, 0.15) is 39.0 Å². The van der Waals surface area contributed by atoms with Crippen LogP contribution >= 0.6 is 0 Å². The molecule has 0 aromatic carbocycles. The Bertz CT molecular complexity index is 208. The summed E-state index contributed by atoms with van der Waals surface area (Å²) in [4.78, 5) is 13.2. The third-order valence-electron chi connectivity index (χ3n) is 3.05. The predicted molar refractivity (Wildman–Crippen MR) is 57.7 cm³/mol. The number of methoxy groups -OCH3 is 1. The first-order valence-electron chi connectivity index (χ1n) is 5.71. The minimum Gasteiger partial charge on any atom is -0.453 e. The molecular formula is C11H21NO3. The fraction of sp³-hybridized carbons (Fsp3) is 0.909. The number of ether oxygens (including phenoxy) is 1. The van der Waals surface area contributed by atoms with Crippen LogP contribution in [0.5, 0.6) is 0 Å². The van der Waals surface area contributed by atoms with Crippen molar-refractivity contribution >= 4 is 6.09 Å². The molecule has 0 unspecified atom stereocenters. The van der Waals surface area contributed by atoms with Gasteiger partial charge in [0.05, 0.1) is 13.2 Å². The molecule has 0 aromatic heterocycles. The highest BCUT2D eigenvalue weighted by molar-refractivity contribution is 5.67. The summed E-state index contributed by atoms with van der Waals surface area (Å²) in [5, 5.41) is 9.60. The highest BCUT2D eigenvalue weighted by Gasteiger charge is 2.28. The maximum atomic E-state index is 11.5. The maximum absolute atomic E-state index is 11.5. The third kappa shape index (κ3) is 3.38. The first-order valence-corrected chi connectivity index (χ1v) is 5.71. The van der Waals surface area contributed by atoms with E-state index in [0.29, 0.717) is 6.42 Å². The summed E-state index contributed by atoms with van der Waals surface area (Å²) in [5.41, 5.74) is 0. The van der Waals surface area contributed by atoms with Crippen LogP contribution in [-0.2, 0) is 4.74 Å². The van der Waals surface area contributed by atoms with Crippen LogP contribution in [0, 0.1) is 0 Å². The fourth-order valence-corrected chi connectivity index (χ4v) is 2.08. The SMILES string of the molecule is CC[C@@H](O)C[C@@H]1CCCCN1C(=O)OC. The highest BCUT2D eigenvalue weighted by Crippen LogP contribution is 2.22. The molecule has 0 aromatic rings. The minimum absolute atomic E-state index is 0.154. The highest BCUT2D eigenvalue weighted by atomic mass is 16.5. The summed E-state index contributed by atoms with van der Waals surface area (Å²) in [6.45, 7) is 2.71. The molecule has 0 aliphatic carbocycles. The lowest BCUT2D eigenvalue weighted by molar-refractivity contribution is 0.0614. The van der Waals surface area contributed by atoms with Crippen molar-refractivity contribution in [2.45, 2.75) is 51.2 Å². The second-order valence-electron chi connectivity index (χ2n) is 4.11. The van der Waals surface area contributed by atoms with E-state index in [1.54, 1.807) is 4.90 Å². The van der Waals surface area contributed by atoms with E-state index in [0.717, 1.165) is 32.2 Å². The zero-order valence-electron chi connectivity index (χ0n) is 9.61. The van der Waals surface area contributed by atoms with Gasteiger partial charge in [-0.05, 0) is 32.1 Å². The lowest BCUT2D eigenvalue weighted by Gasteiger charge is -2.35. The Morgan fingerprint density at radius 3 is 2.93 bits per heavy atom. The topological polar surface area (TPSA) is 49.8 Å². The Kier molecular flexibility index (Phi) is 4.88. The van der Waals surface area contributed by atoms with E-state index in [4.69, 9.17) is 4.74 Å². The Labute approximate surface area is 91.2 Å². The first kappa shape index (κ1) is 12.3. The summed E-state index contributed by atoms with van der Waals surface area (Å²) in [5.74, 6) is 0. The standard InChI is InChI=1S/C11H21NO3/c1-3-10(13)8-9-6-4-5-7-12(9)11(14)15-2/h9-10,13H,3-8H2,1-2H3/t9-,10+/m0/s1. The molecule has 1 N–H and O–H groups in total. The maximum Gasteiger partial charge on any atom is 0.409 e. The molecule has 4 nitrogen and oxygen atoms in total. The molecule has 1 aliphatic rings. The molecule has 1 heterocycles. The van der Waals surface area contributed by atoms with Crippen LogP contribution in [-0.4, -0.2) is 41.9 Å². The molecule has 1 saturated heterocycles. The van der Waals surface area contributed by atoms with Crippen molar-refractivity contribution in [3.63, 3.8) is 0 Å². The number of likely N-dealkylation sites (tertiary alicyclic amines) is 1. The second-order valence-corrected chi connectivity index (χ2v) is 4.11. The molecule has 1 fully saturated rings. The van der Waals surface area contributed by atoms with Gasteiger partial charge in [0, 0.05) is 12.6 Å². The van der Waals surface area contributed by atoms with Gasteiger partial charge in [-0.15, -0.1) is 0 Å². The largest absolute Gasteiger partial charge is 0.453 e. The van der Waals surface area contributed by atoms with E-state index < -0.39 is 0 Å². The zero-order chi connectivity index (χ0) is 11.3. The van der Waals surface area contributed by atoms with Crippen molar-refractivity contribution in [1.29, 1.82) is 0 Å². The molecule has 2 atom stereocenters. The molecule has 0 spiro atoms. The van der Waals surface area contributed by atoms with E-state index in [2.05, 4.69) is 0 Å². The van der Waals surface area contributed by atoms with Gasteiger partial charge in [-0.1, -0.05) is 6.92 Å². The predicted octanol–water partition coefficient (Wildman–Crippen LogP) is 1.77. The molecule has 1 aliphatic heterocycles. The number of hydrogen-bond acceptors (Lipinski definition) is 3. The van der Waals surface area contributed by atoms with Crippen LogP contribution in [0.15, 0.2) is 0 Å². The molecule has 1 amide bonds. The van der Waals surface area contributed by atoms with E-state index >= 15 is 0 Å². The Morgan fingerprint density at radius 2 is 2.33 bits per heavy atom. The van der Waals surface area contributed by atoms with Crippen molar-refractivity contribution in [2.24, 2.45) is 0 Å². The van der Waals surface area contributed by atoms with Gasteiger partial charge in [0.15, 0.2) is 0 Å². The van der Waals surface area contributed by atoms with Gasteiger partial charge in [0.1, 0.15) is 0 Å². The van der Waals surface area contributed by atoms with Crippen molar-refractivity contribution in [2.75, 3.05) is 13.7 Å². The number of aliphatic hydroxyl groups excluding tert-OH is 1. The average molecular weight is 215 g/mol. The van der Waals surface area contributed by atoms with Crippen LogP contribution in [0.2, 0.25) is 0 Å². The van der Waals surface area contributed by atoms with Crippen LogP contribution < -0.4 is 0 Å². The number of amides is 1. The summed E-state index contributed by atoms with van der Waals surface area (Å²) in [7, 11) is 1.41. The first-order chi connectivity index (χ1) is 7.19. The van der Waals surface area contributed by atoms with E-state index in [9.17, 15) is 9.90 Å². The van der Waals surface area contributed by atoms with Crippen molar-refractivity contribution in [3.8, 4) is 0 Å². The Balaban J connectivity index is 2.53. The lowest BCUT2D eigenvalue weighted by Crippen LogP contribution is -2.45. The van der Waals surface area contributed by atoms with E-state index in [1.165, 1.54) is 7.11 Å².